The number of ether oxygens (including phenoxy) is 1. The maximum absolute atomic E-state index is 5.51. The van der Waals surface area contributed by atoms with Gasteiger partial charge >= 0.3 is 0 Å². The average molecular weight is 298 g/mol. The maximum Gasteiger partial charge on any atom is 0.0959 e. The second-order valence-electron chi connectivity index (χ2n) is 8.26. The molecule has 0 saturated heterocycles. The van der Waals surface area contributed by atoms with Gasteiger partial charge in [-0.3, -0.25) is 0 Å². The monoisotopic (exact) mass is 298 g/mol. The number of fused-ring (bicyclic) bond motifs is 4. The topological polar surface area (TPSA) is 9.23 Å². The molecule has 0 aliphatic heterocycles. The Morgan fingerprint density at radius 1 is 1.27 bits per heavy atom. The molecule has 0 radical (unpaired) electrons. The highest BCUT2D eigenvalue weighted by molar-refractivity contribution is 5.32. The summed E-state index contributed by atoms with van der Waals surface area (Å²) in [5.41, 5.74) is 4.08. The Balaban J connectivity index is 1.60. The molecule has 4 aliphatic rings. The van der Waals surface area contributed by atoms with Gasteiger partial charge in [-0.25, -0.2) is 0 Å². The first-order valence-electron chi connectivity index (χ1n) is 9.23. The summed E-state index contributed by atoms with van der Waals surface area (Å²) < 4.78 is 5.51. The molecule has 0 aromatic carbocycles. The van der Waals surface area contributed by atoms with Gasteiger partial charge in [-0.1, -0.05) is 24.1 Å². The predicted molar refractivity (Wildman–Crippen MR) is 91.3 cm³/mol. The first kappa shape index (κ1) is 14.6. The Hall–Kier alpha value is -0.980. The highest BCUT2D eigenvalue weighted by atomic mass is 16.5. The Labute approximate surface area is 135 Å². The molecule has 1 nitrogen and oxygen atoms in total. The van der Waals surface area contributed by atoms with Crippen LogP contribution in [0.5, 0.6) is 0 Å². The molecule has 4 rings (SSSR count). The summed E-state index contributed by atoms with van der Waals surface area (Å²) in [6, 6.07) is 0. The third-order valence-electron chi connectivity index (χ3n) is 7.68. The Bertz CT molecular complexity index is 540. The summed E-state index contributed by atoms with van der Waals surface area (Å²) >= 11 is 0. The Kier molecular flexibility index (Phi) is 3.51. The average Bonchev–Trinajstić information content (AvgIpc) is 2.90. The number of hydrogen-bond acceptors (Lipinski definition) is 1. The lowest BCUT2D eigenvalue weighted by Crippen LogP contribution is -2.43. The van der Waals surface area contributed by atoms with E-state index in [-0.39, 0.29) is 0 Å². The van der Waals surface area contributed by atoms with Crippen LogP contribution in [0.15, 0.2) is 35.6 Å². The number of methoxy groups -OCH3 is 1. The Morgan fingerprint density at radius 3 is 2.91 bits per heavy atom. The van der Waals surface area contributed by atoms with E-state index >= 15 is 0 Å². The van der Waals surface area contributed by atoms with Crippen molar-refractivity contribution in [2.75, 3.05) is 7.11 Å². The lowest BCUT2D eigenvalue weighted by Gasteiger charge is -2.51. The first-order chi connectivity index (χ1) is 10.7. The van der Waals surface area contributed by atoms with Crippen molar-refractivity contribution in [3.8, 4) is 0 Å². The van der Waals surface area contributed by atoms with Crippen molar-refractivity contribution in [3.63, 3.8) is 0 Å². The number of allylic oxidation sites excluding steroid dienone is 4. The summed E-state index contributed by atoms with van der Waals surface area (Å²) in [6.07, 6.45) is 15.2. The summed E-state index contributed by atoms with van der Waals surface area (Å²) in [5.74, 6) is 4.72. The van der Waals surface area contributed by atoms with Gasteiger partial charge in [-0.05, 0) is 80.1 Å². The van der Waals surface area contributed by atoms with Gasteiger partial charge in [0.2, 0.25) is 0 Å². The molecule has 0 spiro atoms. The molecule has 0 bridgehead atoms. The standard InChI is InChI=1S/C21H30O/c1-4-15-6-10-20-19-8-5-14-13-16(22-3)7-9-17(14)18(19)11-12-21(15,20)2/h4,7,15,18-20H,1,5-6,8-13H2,2-3H3/t15-,18+,19+,20-,21+/m0/s1. The fraction of sp³-hybridized carbons (Fsp3) is 0.714. The van der Waals surface area contributed by atoms with Crippen LogP contribution >= 0.6 is 0 Å². The van der Waals surface area contributed by atoms with Gasteiger partial charge in [0.25, 0.3) is 0 Å². The smallest absolute Gasteiger partial charge is 0.0959 e. The third-order valence-corrected chi connectivity index (χ3v) is 7.68. The van der Waals surface area contributed by atoms with Crippen molar-refractivity contribution < 1.29 is 4.74 Å². The van der Waals surface area contributed by atoms with E-state index in [2.05, 4.69) is 25.7 Å². The summed E-state index contributed by atoms with van der Waals surface area (Å²) in [7, 11) is 1.82. The fourth-order valence-electron chi connectivity index (χ4n) is 6.47. The van der Waals surface area contributed by atoms with Crippen LogP contribution in [-0.2, 0) is 4.74 Å². The molecule has 0 amide bonds. The van der Waals surface area contributed by atoms with E-state index in [0.29, 0.717) is 5.41 Å². The predicted octanol–water partition coefficient (Wildman–Crippen LogP) is 5.65. The summed E-state index contributed by atoms with van der Waals surface area (Å²) in [5, 5.41) is 0. The van der Waals surface area contributed by atoms with E-state index < -0.39 is 0 Å². The van der Waals surface area contributed by atoms with Crippen molar-refractivity contribution in [3.05, 3.63) is 35.6 Å². The van der Waals surface area contributed by atoms with Crippen LogP contribution in [0.25, 0.3) is 0 Å². The molecule has 120 valence electrons. The van der Waals surface area contributed by atoms with Crippen molar-refractivity contribution in [1.82, 2.24) is 0 Å². The zero-order chi connectivity index (χ0) is 15.3. The minimum Gasteiger partial charge on any atom is -0.501 e. The third kappa shape index (κ3) is 1.97. The van der Waals surface area contributed by atoms with Gasteiger partial charge in [-0.2, -0.15) is 0 Å². The normalized spacial score (nSPS) is 43.8. The molecular formula is C21H30O. The number of rotatable bonds is 2. The number of hydrogen-bond donors (Lipinski definition) is 0. The molecule has 2 fully saturated rings. The van der Waals surface area contributed by atoms with Crippen LogP contribution < -0.4 is 0 Å². The first-order valence-corrected chi connectivity index (χ1v) is 9.23. The lowest BCUT2D eigenvalue weighted by atomic mass is 9.53. The summed E-state index contributed by atoms with van der Waals surface area (Å²) in [4.78, 5) is 0. The van der Waals surface area contributed by atoms with E-state index in [1.165, 1.54) is 44.3 Å². The molecule has 0 aromatic heterocycles. The molecule has 2 saturated carbocycles. The SMILES string of the molecule is C=C[C@H]1CC[C@H]2[C@@H]3CCC4=C(CC=C(OC)C4)[C@H]3CC[C@]12C. The second-order valence-corrected chi connectivity index (χ2v) is 8.26. The quantitative estimate of drug-likeness (QED) is 0.599. The largest absolute Gasteiger partial charge is 0.501 e. The second kappa shape index (κ2) is 5.28. The summed E-state index contributed by atoms with van der Waals surface area (Å²) in [6.45, 7) is 6.71. The maximum atomic E-state index is 5.51. The molecule has 0 aromatic rings. The molecular weight excluding hydrogens is 268 g/mol. The molecule has 22 heavy (non-hydrogen) atoms. The van der Waals surface area contributed by atoms with E-state index in [9.17, 15) is 0 Å². The van der Waals surface area contributed by atoms with Crippen molar-refractivity contribution in [2.24, 2.45) is 29.1 Å². The van der Waals surface area contributed by atoms with Crippen LogP contribution in [-0.4, -0.2) is 7.11 Å². The Morgan fingerprint density at radius 2 is 2.14 bits per heavy atom. The van der Waals surface area contributed by atoms with Crippen molar-refractivity contribution in [1.29, 1.82) is 0 Å². The molecule has 5 atom stereocenters. The zero-order valence-corrected chi connectivity index (χ0v) is 14.2. The van der Waals surface area contributed by atoms with Crippen LogP contribution in [0.4, 0.5) is 0 Å². The van der Waals surface area contributed by atoms with Gasteiger partial charge in [0.1, 0.15) is 0 Å². The molecule has 1 heteroatoms. The highest BCUT2D eigenvalue weighted by Gasteiger charge is 2.54. The van der Waals surface area contributed by atoms with E-state index in [4.69, 9.17) is 4.74 Å². The van der Waals surface area contributed by atoms with Crippen LogP contribution in [0, 0.1) is 29.1 Å². The molecule has 4 aliphatic carbocycles. The van der Waals surface area contributed by atoms with E-state index in [0.717, 1.165) is 36.5 Å². The van der Waals surface area contributed by atoms with Crippen molar-refractivity contribution >= 4 is 0 Å². The lowest BCUT2D eigenvalue weighted by molar-refractivity contribution is 0.0253. The van der Waals surface area contributed by atoms with E-state index in [1.807, 2.05) is 7.11 Å². The zero-order valence-electron chi connectivity index (χ0n) is 14.2. The van der Waals surface area contributed by atoms with Crippen molar-refractivity contribution in [2.45, 2.75) is 58.3 Å². The van der Waals surface area contributed by atoms with Crippen LogP contribution in [0.3, 0.4) is 0 Å². The molecule has 0 unspecified atom stereocenters. The highest BCUT2D eigenvalue weighted by Crippen LogP contribution is 2.63. The van der Waals surface area contributed by atoms with Gasteiger partial charge in [0.15, 0.2) is 0 Å². The van der Waals surface area contributed by atoms with Gasteiger partial charge in [-0.15, -0.1) is 6.58 Å². The van der Waals surface area contributed by atoms with Crippen LogP contribution in [0.2, 0.25) is 0 Å². The molecule has 0 heterocycles. The minimum atomic E-state index is 0.545. The minimum absolute atomic E-state index is 0.545. The van der Waals surface area contributed by atoms with Crippen LogP contribution in [0.1, 0.15) is 58.3 Å². The van der Waals surface area contributed by atoms with Gasteiger partial charge < -0.3 is 4.74 Å². The van der Waals surface area contributed by atoms with Gasteiger partial charge in [0.05, 0.1) is 12.9 Å². The van der Waals surface area contributed by atoms with E-state index in [1.54, 1.807) is 11.1 Å². The van der Waals surface area contributed by atoms with Gasteiger partial charge in [0, 0.05) is 6.42 Å². The fourth-order valence-corrected chi connectivity index (χ4v) is 6.47. The molecule has 0 N–H and O–H groups in total.